The number of aromatic nitrogens is 2. The van der Waals surface area contributed by atoms with Crippen molar-refractivity contribution < 1.29 is 18.0 Å². The minimum absolute atomic E-state index is 0.168. The number of rotatable bonds is 3. The van der Waals surface area contributed by atoms with Crippen molar-refractivity contribution in [2.45, 2.75) is 45.5 Å². The average Bonchev–Trinajstić information content (AvgIpc) is 2.24. The molecule has 0 fully saturated rings. The Hall–Kier alpha value is -1.57. The van der Waals surface area contributed by atoms with Crippen molar-refractivity contribution in [3.63, 3.8) is 0 Å². The SMILES string of the molecule is CC(Nc1cc(Cl)nc(C(F)(F)F)n1)C(=O)NC(C)(C)C. The summed E-state index contributed by atoms with van der Waals surface area (Å²) in [5, 5.41) is 4.91. The summed E-state index contributed by atoms with van der Waals surface area (Å²) in [6, 6.07) is 0.341. The number of nitrogens with zero attached hydrogens (tertiary/aromatic N) is 2. The van der Waals surface area contributed by atoms with Crippen LogP contribution in [0.2, 0.25) is 5.15 Å². The van der Waals surface area contributed by atoms with Crippen molar-refractivity contribution in [2.24, 2.45) is 0 Å². The van der Waals surface area contributed by atoms with Crippen LogP contribution in [0.25, 0.3) is 0 Å². The quantitative estimate of drug-likeness (QED) is 0.839. The smallest absolute Gasteiger partial charge is 0.358 e. The topological polar surface area (TPSA) is 66.9 Å². The zero-order valence-corrected chi connectivity index (χ0v) is 12.7. The Morgan fingerprint density at radius 3 is 2.33 bits per heavy atom. The number of halogens is 4. The number of carbonyl (C=O) groups is 1. The Labute approximate surface area is 125 Å². The Kier molecular flexibility index (Phi) is 5.03. The fourth-order valence-electron chi connectivity index (χ4n) is 1.38. The van der Waals surface area contributed by atoms with E-state index in [0.29, 0.717) is 0 Å². The monoisotopic (exact) mass is 324 g/mol. The number of hydrogen-bond donors (Lipinski definition) is 2. The van der Waals surface area contributed by atoms with E-state index < -0.39 is 23.6 Å². The number of amides is 1. The minimum atomic E-state index is -4.71. The van der Waals surface area contributed by atoms with E-state index in [0.717, 1.165) is 6.07 Å². The molecule has 1 atom stereocenters. The maximum Gasteiger partial charge on any atom is 0.451 e. The van der Waals surface area contributed by atoms with Crippen LogP contribution < -0.4 is 10.6 Å². The van der Waals surface area contributed by atoms with Crippen molar-refractivity contribution in [1.29, 1.82) is 0 Å². The summed E-state index contributed by atoms with van der Waals surface area (Å²) in [5.74, 6) is -1.90. The van der Waals surface area contributed by atoms with E-state index in [1.54, 1.807) is 20.8 Å². The number of nitrogens with one attached hydrogen (secondary N) is 2. The molecule has 1 rings (SSSR count). The number of alkyl halides is 3. The van der Waals surface area contributed by atoms with Crippen molar-refractivity contribution in [1.82, 2.24) is 15.3 Å². The molecule has 0 bridgehead atoms. The normalized spacial score (nSPS) is 13.7. The van der Waals surface area contributed by atoms with Crippen molar-refractivity contribution in [2.75, 3.05) is 5.32 Å². The van der Waals surface area contributed by atoms with Crippen LogP contribution in [-0.4, -0.2) is 27.5 Å². The molecular formula is C12H16ClF3N4O. The third kappa shape index (κ3) is 5.74. The van der Waals surface area contributed by atoms with Crippen LogP contribution in [-0.2, 0) is 11.0 Å². The van der Waals surface area contributed by atoms with Gasteiger partial charge in [0.2, 0.25) is 11.7 Å². The van der Waals surface area contributed by atoms with Gasteiger partial charge in [0, 0.05) is 11.6 Å². The Morgan fingerprint density at radius 1 is 1.29 bits per heavy atom. The third-order valence-electron chi connectivity index (χ3n) is 2.20. The van der Waals surface area contributed by atoms with Crippen LogP contribution in [0.4, 0.5) is 19.0 Å². The van der Waals surface area contributed by atoms with Crippen LogP contribution in [0.15, 0.2) is 6.07 Å². The van der Waals surface area contributed by atoms with Gasteiger partial charge in [-0.3, -0.25) is 4.79 Å². The van der Waals surface area contributed by atoms with E-state index in [-0.39, 0.29) is 16.9 Å². The summed E-state index contributed by atoms with van der Waals surface area (Å²) in [6.45, 7) is 6.88. The molecule has 1 aromatic heterocycles. The first-order valence-electron chi connectivity index (χ1n) is 6.09. The minimum Gasteiger partial charge on any atom is -0.358 e. The summed E-state index contributed by atoms with van der Waals surface area (Å²) in [6.07, 6.45) is -4.71. The van der Waals surface area contributed by atoms with Gasteiger partial charge in [0.15, 0.2) is 0 Å². The van der Waals surface area contributed by atoms with Crippen LogP contribution >= 0.6 is 11.6 Å². The molecule has 21 heavy (non-hydrogen) atoms. The molecule has 2 N–H and O–H groups in total. The third-order valence-corrected chi connectivity index (χ3v) is 2.40. The van der Waals surface area contributed by atoms with Gasteiger partial charge >= 0.3 is 6.18 Å². The fourth-order valence-corrected chi connectivity index (χ4v) is 1.57. The largest absolute Gasteiger partial charge is 0.451 e. The zero-order chi connectivity index (χ0) is 16.4. The molecule has 0 aliphatic rings. The van der Waals surface area contributed by atoms with Gasteiger partial charge in [-0.15, -0.1) is 0 Å². The van der Waals surface area contributed by atoms with Crippen molar-refractivity contribution >= 4 is 23.3 Å². The molecule has 9 heteroatoms. The second-order valence-corrected chi connectivity index (χ2v) is 5.89. The highest BCUT2D eigenvalue weighted by molar-refractivity contribution is 6.29. The molecule has 5 nitrogen and oxygen atoms in total. The van der Waals surface area contributed by atoms with Crippen LogP contribution in [0.1, 0.15) is 33.5 Å². The maximum absolute atomic E-state index is 12.6. The lowest BCUT2D eigenvalue weighted by Crippen LogP contribution is -2.47. The summed E-state index contributed by atoms with van der Waals surface area (Å²) in [5.41, 5.74) is -0.451. The van der Waals surface area contributed by atoms with Gasteiger partial charge in [0.1, 0.15) is 17.0 Å². The molecule has 0 saturated heterocycles. The fraction of sp³-hybridized carbons (Fsp3) is 0.583. The first-order chi connectivity index (χ1) is 9.38. The number of hydrogen-bond acceptors (Lipinski definition) is 4. The molecule has 0 aliphatic carbocycles. The number of anilines is 1. The van der Waals surface area contributed by atoms with Gasteiger partial charge in [0.05, 0.1) is 0 Å². The molecule has 1 aromatic rings. The molecule has 1 unspecified atom stereocenters. The van der Waals surface area contributed by atoms with E-state index in [1.165, 1.54) is 6.92 Å². The van der Waals surface area contributed by atoms with Gasteiger partial charge in [-0.1, -0.05) is 11.6 Å². The summed E-state index contributed by atoms with van der Waals surface area (Å²) >= 11 is 5.53. The molecule has 1 amide bonds. The Balaban J connectivity index is 2.88. The van der Waals surface area contributed by atoms with Crippen LogP contribution in [0.3, 0.4) is 0 Å². The standard InChI is InChI=1S/C12H16ClF3N4O/c1-6(9(21)20-11(2,3)4)17-8-5-7(13)18-10(19-8)12(14,15)16/h5-6H,1-4H3,(H,20,21)(H,17,18,19). The molecule has 0 saturated carbocycles. The van der Waals surface area contributed by atoms with E-state index in [4.69, 9.17) is 11.6 Å². The molecule has 0 spiro atoms. The van der Waals surface area contributed by atoms with E-state index >= 15 is 0 Å². The van der Waals surface area contributed by atoms with Gasteiger partial charge in [-0.25, -0.2) is 9.97 Å². The van der Waals surface area contributed by atoms with Crippen LogP contribution in [0.5, 0.6) is 0 Å². The highest BCUT2D eigenvalue weighted by Crippen LogP contribution is 2.28. The summed E-state index contributed by atoms with van der Waals surface area (Å²) in [7, 11) is 0. The van der Waals surface area contributed by atoms with Gasteiger partial charge in [0.25, 0.3) is 0 Å². The molecule has 0 aromatic carbocycles. The molecule has 0 radical (unpaired) electrons. The first-order valence-corrected chi connectivity index (χ1v) is 6.46. The predicted octanol–water partition coefficient (Wildman–Crippen LogP) is 2.86. The highest BCUT2D eigenvalue weighted by atomic mass is 35.5. The Morgan fingerprint density at radius 2 is 1.86 bits per heavy atom. The lowest BCUT2D eigenvalue weighted by atomic mass is 10.1. The number of carbonyl (C=O) groups excluding carboxylic acids is 1. The van der Waals surface area contributed by atoms with E-state index in [9.17, 15) is 18.0 Å². The van der Waals surface area contributed by atoms with Crippen LogP contribution in [0, 0.1) is 0 Å². The second-order valence-electron chi connectivity index (χ2n) is 5.50. The average molecular weight is 325 g/mol. The summed E-state index contributed by atoms with van der Waals surface area (Å²) in [4.78, 5) is 18.3. The predicted molar refractivity (Wildman–Crippen MR) is 73.0 cm³/mol. The van der Waals surface area contributed by atoms with Crippen molar-refractivity contribution in [3.8, 4) is 0 Å². The maximum atomic E-state index is 12.6. The Bertz CT molecular complexity index is 528. The molecule has 118 valence electrons. The summed E-state index contributed by atoms with van der Waals surface area (Å²) < 4.78 is 37.7. The van der Waals surface area contributed by atoms with Gasteiger partial charge in [-0.2, -0.15) is 13.2 Å². The second kappa shape index (κ2) is 6.05. The molecule has 0 aliphatic heterocycles. The van der Waals surface area contributed by atoms with Crippen molar-refractivity contribution in [3.05, 3.63) is 17.0 Å². The van der Waals surface area contributed by atoms with E-state index in [1.807, 2.05) is 0 Å². The molecule has 1 heterocycles. The van der Waals surface area contributed by atoms with Gasteiger partial charge in [-0.05, 0) is 27.7 Å². The zero-order valence-electron chi connectivity index (χ0n) is 12.0. The highest BCUT2D eigenvalue weighted by Gasteiger charge is 2.35. The first kappa shape index (κ1) is 17.5. The molecular weight excluding hydrogens is 309 g/mol. The lowest BCUT2D eigenvalue weighted by molar-refractivity contribution is -0.144. The lowest BCUT2D eigenvalue weighted by Gasteiger charge is -2.24. The van der Waals surface area contributed by atoms with Gasteiger partial charge < -0.3 is 10.6 Å². The van der Waals surface area contributed by atoms with E-state index in [2.05, 4.69) is 20.6 Å².